The Morgan fingerprint density at radius 1 is 1.11 bits per heavy atom. The molecule has 0 bridgehead atoms. The van der Waals surface area contributed by atoms with E-state index in [0.29, 0.717) is 5.56 Å². The number of hydrogen-bond donors (Lipinski definition) is 2. The molecule has 1 heterocycles. The number of carbonyl (C=O) groups is 2. The van der Waals surface area contributed by atoms with E-state index in [1.807, 2.05) is 30.3 Å². The third-order valence-corrected chi connectivity index (χ3v) is 6.32. The van der Waals surface area contributed by atoms with Crippen LogP contribution in [0.2, 0.25) is 0 Å². The lowest BCUT2D eigenvalue weighted by molar-refractivity contribution is -0.137. The van der Waals surface area contributed by atoms with Crippen LogP contribution in [0.25, 0.3) is 11.0 Å². The maximum atomic E-state index is 12.6. The van der Waals surface area contributed by atoms with Gasteiger partial charge >= 0.3 is 5.97 Å². The van der Waals surface area contributed by atoms with Gasteiger partial charge in [0.15, 0.2) is 0 Å². The Balaban J connectivity index is 1.79. The zero-order valence-corrected chi connectivity index (χ0v) is 21.1. The van der Waals surface area contributed by atoms with Crippen LogP contribution < -0.4 is 10.1 Å². The predicted molar refractivity (Wildman–Crippen MR) is 138 cm³/mol. The minimum Gasteiger partial charge on any atom is -0.497 e. The van der Waals surface area contributed by atoms with Gasteiger partial charge in [0.1, 0.15) is 17.1 Å². The molecule has 0 aliphatic rings. The first-order valence-corrected chi connectivity index (χ1v) is 12.2. The normalized spacial score (nSPS) is 11.9. The number of unbranched alkanes of at least 4 members (excludes halogenated alkanes) is 3. The predicted octanol–water partition coefficient (Wildman–Crippen LogP) is 6.42. The molecule has 188 valence electrons. The van der Waals surface area contributed by atoms with Crippen molar-refractivity contribution >= 4 is 28.5 Å². The zero-order valence-electron chi connectivity index (χ0n) is 21.1. The molecule has 2 N–H and O–H groups in total. The molecule has 2 aromatic carbocycles. The van der Waals surface area contributed by atoms with Crippen LogP contribution in [0.3, 0.4) is 0 Å². The average Bonchev–Trinajstić information content (AvgIpc) is 3.19. The number of furan rings is 1. The van der Waals surface area contributed by atoms with Gasteiger partial charge < -0.3 is 24.5 Å². The summed E-state index contributed by atoms with van der Waals surface area (Å²) < 4.78 is 11.7. The Bertz CT molecular complexity index is 1140. The van der Waals surface area contributed by atoms with E-state index in [0.717, 1.165) is 53.0 Å². The average molecular weight is 481 g/mol. The number of carbonyl (C=O) groups excluding carboxylic acids is 1. The summed E-state index contributed by atoms with van der Waals surface area (Å²) in [6, 6.07) is 13.2. The Morgan fingerprint density at radius 2 is 1.86 bits per heavy atom. The molecule has 7 nitrogen and oxygen atoms in total. The molecular weight excluding hydrogens is 444 g/mol. The molecule has 3 rings (SSSR count). The van der Waals surface area contributed by atoms with Crippen LogP contribution >= 0.6 is 0 Å². The first kappa shape index (κ1) is 26.1. The van der Waals surface area contributed by atoms with E-state index in [9.17, 15) is 9.59 Å². The van der Waals surface area contributed by atoms with Gasteiger partial charge in [0.2, 0.25) is 0 Å². The quantitative estimate of drug-likeness (QED) is 0.274. The van der Waals surface area contributed by atoms with E-state index in [-0.39, 0.29) is 24.9 Å². The fourth-order valence-electron chi connectivity index (χ4n) is 4.22. The molecule has 1 aromatic heterocycles. The van der Waals surface area contributed by atoms with E-state index < -0.39 is 5.97 Å². The van der Waals surface area contributed by atoms with Crippen molar-refractivity contribution in [3.8, 4) is 5.75 Å². The Kier molecular flexibility index (Phi) is 9.18. The second-order valence-electron chi connectivity index (χ2n) is 8.95. The van der Waals surface area contributed by atoms with Crippen molar-refractivity contribution in [3.05, 3.63) is 59.4 Å². The smallest absolute Gasteiger partial charge is 0.305 e. The number of fused-ring (bicyclic) bond motifs is 1. The molecule has 1 unspecified atom stereocenters. The number of aliphatic carboxylic acids is 1. The summed E-state index contributed by atoms with van der Waals surface area (Å²) >= 11 is 0. The number of methoxy groups -OCH3 is 1. The Morgan fingerprint density at radius 3 is 2.51 bits per heavy atom. The highest BCUT2D eigenvalue weighted by Gasteiger charge is 2.21. The molecule has 0 aliphatic carbocycles. The fourth-order valence-corrected chi connectivity index (χ4v) is 4.22. The number of rotatable bonds is 13. The minimum absolute atomic E-state index is 0.00922. The standard InChI is InChI=1S/C28H36N2O5/c1-5-6-7-8-9-24(27-19(2)23-18-22(34-4)14-15-25(23)35-27)29-21-12-10-20(11-13-21)28(33)30(3)17-16-26(31)32/h10-15,18,24,29H,5-9,16-17H2,1-4H3,(H,31,32). The molecule has 1 amide bonds. The van der Waals surface area contributed by atoms with Crippen molar-refractivity contribution in [1.82, 2.24) is 4.90 Å². The molecular formula is C28H36N2O5. The maximum Gasteiger partial charge on any atom is 0.305 e. The summed E-state index contributed by atoms with van der Waals surface area (Å²) in [7, 11) is 3.27. The highest BCUT2D eigenvalue weighted by atomic mass is 16.5. The van der Waals surface area contributed by atoms with Gasteiger partial charge in [-0.05, 0) is 55.8 Å². The summed E-state index contributed by atoms with van der Waals surface area (Å²) in [6.07, 6.45) is 5.47. The number of ether oxygens (including phenoxy) is 1. The van der Waals surface area contributed by atoms with Gasteiger partial charge in [-0.2, -0.15) is 0 Å². The Hall–Kier alpha value is -3.48. The van der Waals surface area contributed by atoms with Crippen LogP contribution in [0.1, 0.15) is 73.2 Å². The number of nitrogens with one attached hydrogen (secondary N) is 1. The molecule has 0 fully saturated rings. The van der Waals surface area contributed by atoms with E-state index in [4.69, 9.17) is 14.3 Å². The summed E-state index contributed by atoms with van der Waals surface area (Å²) in [5.74, 6) is 0.594. The summed E-state index contributed by atoms with van der Waals surface area (Å²) in [5.41, 5.74) is 3.35. The number of anilines is 1. The van der Waals surface area contributed by atoms with E-state index in [1.165, 1.54) is 17.7 Å². The van der Waals surface area contributed by atoms with E-state index in [1.54, 1.807) is 26.3 Å². The molecule has 7 heteroatoms. The second-order valence-corrected chi connectivity index (χ2v) is 8.95. The molecule has 0 saturated heterocycles. The summed E-state index contributed by atoms with van der Waals surface area (Å²) in [6.45, 7) is 4.45. The molecule has 0 radical (unpaired) electrons. The number of amides is 1. The van der Waals surface area contributed by atoms with Crippen molar-refractivity contribution < 1.29 is 23.8 Å². The van der Waals surface area contributed by atoms with E-state index in [2.05, 4.69) is 19.2 Å². The van der Waals surface area contributed by atoms with Crippen LogP contribution in [-0.4, -0.2) is 42.6 Å². The van der Waals surface area contributed by atoms with Gasteiger partial charge in [-0.1, -0.05) is 32.6 Å². The lowest BCUT2D eigenvalue weighted by Crippen LogP contribution is -2.29. The number of hydrogen-bond acceptors (Lipinski definition) is 5. The summed E-state index contributed by atoms with van der Waals surface area (Å²) in [5, 5.41) is 13.5. The van der Waals surface area contributed by atoms with Crippen LogP contribution in [-0.2, 0) is 4.79 Å². The first-order valence-electron chi connectivity index (χ1n) is 12.2. The van der Waals surface area contributed by atoms with E-state index >= 15 is 0 Å². The lowest BCUT2D eigenvalue weighted by atomic mass is 10.0. The number of aryl methyl sites for hydroxylation is 1. The van der Waals surface area contributed by atoms with Crippen molar-refractivity contribution in [2.75, 3.05) is 26.0 Å². The molecule has 1 atom stereocenters. The number of nitrogens with zero attached hydrogens (tertiary/aromatic N) is 1. The molecule has 35 heavy (non-hydrogen) atoms. The number of carboxylic acids is 1. The van der Waals surface area contributed by atoms with Crippen LogP contribution in [0.15, 0.2) is 46.9 Å². The van der Waals surface area contributed by atoms with Gasteiger partial charge in [0.05, 0.1) is 19.6 Å². The second kappa shape index (κ2) is 12.3. The van der Waals surface area contributed by atoms with Gasteiger partial charge in [-0.15, -0.1) is 0 Å². The van der Waals surface area contributed by atoms with Crippen molar-refractivity contribution in [2.24, 2.45) is 0 Å². The van der Waals surface area contributed by atoms with Gasteiger partial charge in [-0.3, -0.25) is 9.59 Å². The molecule has 3 aromatic rings. The van der Waals surface area contributed by atoms with Crippen LogP contribution in [0.5, 0.6) is 5.75 Å². The van der Waals surface area contributed by atoms with Crippen molar-refractivity contribution in [2.45, 2.75) is 58.4 Å². The minimum atomic E-state index is -0.923. The molecule has 0 spiro atoms. The monoisotopic (exact) mass is 480 g/mol. The third-order valence-electron chi connectivity index (χ3n) is 6.32. The lowest BCUT2D eigenvalue weighted by Gasteiger charge is -2.20. The number of benzene rings is 2. The largest absolute Gasteiger partial charge is 0.497 e. The SMILES string of the molecule is CCCCCCC(Nc1ccc(C(=O)N(C)CCC(=O)O)cc1)c1oc2ccc(OC)cc2c1C. The zero-order chi connectivity index (χ0) is 25.4. The highest BCUT2D eigenvalue weighted by molar-refractivity contribution is 5.94. The van der Waals surface area contributed by atoms with Crippen LogP contribution in [0.4, 0.5) is 5.69 Å². The molecule has 0 aliphatic heterocycles. The topological polar surface area (TPSA) is 92.0 Å². The Labute approximate surface area is 207 Å². The summed E-state index contributed by atoms with van der Waals surface area (Å²) in [4.78, 5) is 24.8. The fraction of sp³-hybridized carbons (Fsp3) is 0.429. The maximum absolute atomic E-state index is 12.6. The highest BCUT2D eigenvalue weighted by Crippen LogP contribution is 2.35. The van der Waals surface area contributed by atoms with Crippen molar-refractivity contribution in [3.63, 3.8) is 0 Å². The first-order chi connectivity index (χ1) is 16.8. The van der Waals surface area contributed by atoms with Gasteiger partial charge in [0, 0.05) is 35.8 Å². The van der Waals surface area contributed by atoms with Gasteiger partial charge in [0.25, 0.3) is 5.91 Å². The number of carboxylic acid groups (broad SMARTS) is 1. The van der Waals surface area contributed by atoms with Crippen LogP contribution in [0, 0.1) is 6.92 Å². The van der Waals surface area contributed by atoms with Crippen molar-refractivity contribution in [1.29, 1.82) is 0 Å². The van der Waals surface area contributed by atoms with Gasteiger partial charge in [-0.25, -0.2) is 0 Å². The third kappa shape index (κ3) is 6.78. The molecule has 0 saturated carbocycles.